The van der Waals surface area contributed by atoms with Crippen LogP contribution >= 0.6 is 0 Å². The minimum absolute atomic E-state index is 0.552. The van der Waals surface area contributed by atoms with E-state index in [1.165, 1.54) is 20.7 Å². The largest absolute Gasteiger partial charge is 0.308 e. The Hall–Kier alpha value is -10.5. The van der Waals surface area contributed by atoms with Gasteiger partial charge in [0.2, 0.25) is 0 Å². The Bertz CT molecular complexity index is 4290. The van der Waals surface area contributed by atoms with Gasteiger partial charge in [0.05, 0.1) is 16.7 Å². The predicted molar refractivity (Wildman–Crippen MR) is 329 cm³/mol. The maximum atomic E-state index is 5.36. The molecule has 0 spiro atoms. The van der Waals surface area contributed by atoms with Gasteiger partial charge in [0.15, 0.2) is 43.0 Å². The van der Waals surface area contributed by atoms with Gasteiger partial charge in [-0.05, 0) is 56.1 Å². The highest BCUT2D eigenvalue weighted by atomic mass is 28.3. The summed E-state index contributed by atoms with van der Waals surface area (Å²) in [4.78, 5) is 31.3. The highest BCUT2D eigenvalue weighted by Gasteiger charge is 2.41. The van der Waals surface area contributed by atoms with Crippen LogP contribution in [0.15, 0.2) is 297 Å². The van der Waals surface area contributed by atoms with Crippen LogP contribution in [0.4, 0.5) is 0 Å². The molecule has 14 aromatic rings. The molecule has 3 heterocycles. The standard InChI is InChI=1S/C72H49N7Si/c1-8-25-50(26-9-1)67-73-68(51-27-10-2-11-28-51)76-71(75-67)56-44-45-62-61-41-22-23-42-64(61)79(65(62)49-56)66-48-55(43-46-63(66)72-77-69(52-29-12-3-13-30-52)74-70(78-72)53-31-14-4-15-32-53)54-33-24-40-60(47-54)80(57-34-16-5-17-35-57,58-36-18-6-19-37-58)59-38-20-7-21-39-59/h1-49H. The van der Waals surface area contributed by atoms with E-state index >= 15 is 0 Å². The first-order valence-electron chi connectivity index (χ1n) is 26.9. The number of aromatic nitrogens is 7. The van der Waals surface area contributed by atoms with Crippen LogP contribution in [0, 0.1) is 0 Å². The molecule has 0 bridgehead atoms. The smallest absolute Gasteiger partial charge is 0.179 e. The number of hydrogen-bond acceptors (Lipinski definition) is 6. The Morgan fingerprint density at radius 3 is 1.05 bits per heavy atom. The van der Waals surface area contributed by atoms with Crippen molar-refractivity contribution >= 4 is 50.6 Å². The molecule has 0 aliphatic carbocycles. The zero-order valence-corrected chi connectivity index (χ0v) is 44.4. The molecule has 0 aliphatic heterocycles. The lowest BCUT2D eigenvalue weighted by Crippen LogP contribution is -2.74. The van der Waals surface area contributed by atoms with Gasteiger partial charge in [-0.1, -0.05) is 273 Å². The highest BCUT2D eigenvalue weighted by molar-refractivity contribution is 7.19. The summed E-state index contributed by atoms with van der Waals surface area (Å²) in [6.45, 7) is 0. The second kappa shape index (κ2) is 20.8. The zero-order valence-electron chi connectivity index (χ0n) is 43.4. The summed E-state index contributed by atoms with van der Waals surface area (Å²) < 4.78 is 2.37. The molecule has 14 rings (SSSR count). The Balaban J connectivity index is 1.03. The number of benzene rings is 11. The second-order valence-corrected chi connectivity index (χ2v) is 23.6. The predicted octanol–water partition coefficient (Wildman–Crippen LogP) is 14.2. The molecular formula is C72H49N7Si. The summed E-state index contributed by atoms with van der Waals surface area (Å²) in [5, 5.41) is 7.41. The van der Waals surface area contributed by atoms with Crippen LogP contribution in [-0.2, 0) is 0 Å². The minimum Gasteiger partial charge on any atom is -0.308 e. The van der Waals surface area contributed by atoms with Gasteiger partial charge in [-0.2, -0.15) is 0 Å². The molecule has 0 saturated carbocycles. The van der Waals surface area contributed by atoms with E-state index in [4.69, 9.17) is 29.9 Å². The molecule has 0 fully saturated rings. The average molecular weight is 1040 g/mol. The van der Waals surface area contributed by atoms with E-state index in [1.54, 1.807) is 0 Å². The third-order valence-corrected chi connectivity index (χ3v) is 19.8. The molecule has 0 radical (unpaired) electrons. The zero-order chi connectivity index (χ0) is 53.2. The third-order valence-electron chi connectivity index (χ3n) is 15.1. The monoisotopic (exact) mass is 1040 g/mol. The Kier molecular flexibility index (Phi) is 12.4. The van der Waals surface area contributed by atoms with Gasteiger partial charge in [0.25, 0.3) is 0 Å². The number of hydrogen-bond donors (Lipinski definition) is 0. The fraction of sp³-hybridized carbons (Fsp3) is 0. The first kappa shape index (κ1) is 47.9. The number of nitrogens with zero attached hydrogens (tertiary/aromatic N) is 7. The van der Waals surface area contributed by atoms with Gasteiger partial charge in [-0.15, -0.1) is 0 Å². The molecule has 376 valence electrons. The van der Waals surface area contributed by atoms with Gasteiger partial charge >= 0.3 is 0 Å². The van der Waals surface area contributed by atoms with E-state index in [0.29, 0.717) is 34.9 Å². The lowest BCUT2D eigenvalue weighted by Gasteiger charge is -2.34. The maximum absolute atomic E-state index is 5.36. The van der Waals surface area contributed by atoms with E-state index < -0.39 is 8.07 Å². The summed E-state index contributed by atoms with van der Waals surface area (Å²) >= 11 is 0. The topological polar surface area (TPSA) is 82.3 Å². The van der Waals surface area contributed by atoms with E-state index in [2.05, 4.69) is 205 Å². The lowest BCUT2D eigenvalue weighted by molar-refractivity contribution is 1.06. The molecule has 11 aromatic carbocycles. The number of fused-ring (bicyclic) bond motifs is 3. The van der Waals surface area contributed by atoms with E-state index in [9.17, 15) is 0 Å². The first-order valence-corrected chi connectivity index (χ1v) is 28.9. The molecule has 0 N–H and O–H groups in total. The normalized spacial score (nSPS) is 11.5. The van der Waals surface area contributed by atoms with Crippen LogP contribution in [0.2, 0.25) is 0 Å². The average Bonchev–Trinajstić information content (AvgIpc) is 4.05. The molecule has 0 unspecified atom stereocenters. The van der Waals surface area contributed by atoms with Gasteiger partial charge in [-0.25, -0.2) is 29.9 Å². The molecule has 80 heavy (non-hydrogen) atoms. The first-order chi connectivity index (χ1) is 39.7. The van der Waals surface area contributed by atoms with Gasteiger partial charge in [0, 0.05) is 44.2 Å². The van der Waals surface area contributed by atoms with E-state index in [0.717, 1.165) is 72.0 Å². The van der Waals surface area contributed by atoms with Crippen molar-refractivity contribution in [3.63, 3.8) is 0 Å². The van der Waals surface area contributed by atoms with Crippen LogP contribution in [0.1, 0.15) is 0 Å². The fourth-order valence-electron chi connectivity index (χ4n) is 11.3. The van der Waals surface area contributed by atoms with Crippen molar-refractivity contribution < 1.29 is 0 Å². The summed E-state index contributed by atoms with van der Waals surface area (Å²) in [6, 6.07) is 105. The van der Waals surface area contributed by atoms with Gasteiger partial charge < -0.3 is 4.57 Å². The van der Waals surface area contributed by atoms with Crippen LogP contribution < -0.4 is 20.7 Å². The Morgan fingerprint density at radius 2 is 0.575 bits per heavy atom. The summed E-state index contributed by atoms with van der Waals surface area (Å²) in [5.41, 5.74) is 10.4. The van der Waals surface area contributed by atoms with Crippen molar-refractivity contribution in [2.45, 2.75) is 0 Å². The molecular weight excluding hydrogens is 991 g/mol. The second-order valence-electron chi connectivity index (χ2n) is 19.8. The Labute approximate surface area is 465 Å². The van der Waals surface area contributed by atoms with Crippen molar-refractivity contribution in [2.24, 2.45) is 0 Å². The molecule has 0 saturated heterocycles. The Morgan fingerprint density at radius 1 is 0.225 bits per heavy atom. The third kappa shape index (κ3) is 8.76. The van der Waals surface area contributed by atoms with Crippen molar-refractivity contribution in [3.05, 3.63) is 297 Å². The summed E-state index contributed by atoms with van der Waals surface area (Å²) in [6.07, 6.45) is 0. The molecule has 0 atom stereocenters. The van der Waals surface area contributed by atoms with Gasteiger partial charge in [-0.3, -0.25) is 0 Å². The highest BCUT2D eigenvalue weighted by Crippen LogP contribution is 2.40. The molecule has 7 nitrogen and oxygen atoms in total. The molecule has 3 aromatic heterocycles. The van der Waals surface area contributed by atoms with Gasteiger partial charge in [0.1, 0.15) is 0 Å². The van der Waals surface area contributed by atoms with Crippen LogP contribution in [0.3, 0.4) is 0 Å². The van der Waals surface area contributed by atoms with Crippen LogP contribution in [0.5, 0.6) is 0 Å². The summed E-state index contributed by atoms with van der Waals surface area (Å²) in [7, 11) is -2.88. The number of rotatable bonds is 12. The SMILES string of the molecule is c1ccc(-c2nc(-c3ccccc3)nc(-c3ccc4c5ccccc5n(-c5cc(-c6cccc([Si](c7ccccc7)(c7ccccc7)c7ccccc7)c6)ccc5-c5nc(-c6ccccc6)nc(-c6ccccc6)n5)c4c3)n2)cc1. The van der Waals surface area contributed by atoms with Crippen LogP contribution in [0.25, 0.3) is 107 Å². The maximum Gasteiger partial charge on any atom is 0.179 e. The van der Waals surface area contributed by atoms with Crippen LogP contribution in [-0.4, -0.2) is 42.5 Å². The van der Waals surface area contributed by atoms with E-state index in [1.807, 2.05) is 97.1 Å². The fourth-order valence-corrected chi connectivity index (χ4v) is 16.1. The van der Waals surface area contributed by atoms with Crippen molar-refractivity contribution in [3.8, 4) is 85.1 Å². The quantitative estimate of drug-likeness (QED) is 0.0896. The molecule has 0 amide bonds. The minimum atomic E-state index is -2.88. The number of para-hydroxylation sites is 1. The van der Waals surface area contributed by atoms with Crippen molar-refractivity contribution in [1.29, 1.82) is 0 Å². The van der Waals surface area contributed by atoms with E-state index in [-0.39, 0.29) is 0 Å². The molecule has 8 heteroatoms. The van der Waals surface area contributed by atoms with Crippen molar-refractivity contribution in [1.82, 2.24) is 34.5 Å². The lowest BCUT2D eigenvalue weighted by atomic mass is 10.0. The van der Waals surface area contributed by atoms with Crippen molar-refractivity contribution in [2.75, 3.05) is 0 Å². The summed E-state index contributed by atoms with van der Waals surface area (Å²) in [5.74, 6) is 3.50. The molecule has 0 aliphatic rings.